The van der Waals surface area contributed by atoms with E-state index in [-0.39, 0.29) is 5.75 Å². The topological polar surface area (TPSA) is 39.9 Å². The monoisotopic (exact) mass is 423 g/mol. The maximum atomic E-state index is 13.0. The molecular weight excluding hydrogens is 417 g/mol. The van der Waals surface area contributed by atoms with E-state index in [9.17, 15) is 22.0 Å². The van der Waals surface area contributed by atoms with Gasteiger partial charge in [-0.15, -0.1) is 11.3 Å². The Kier molecular flexibility index (Phi) is 5.33. The first kappa shape index (κ1) is 17.5. The largest absolute Gasteiger partial charge is 0.435 e. The molecule has 2 rings (SSSR count). The molecule has 0 aliphatic heterocycles. The zero-order chi connectivity index (χ0) is 16.5. The summed E-state index contributed by atoms with van der Waals surface area (Å²) in [6.07, 6.45) is -3.27. The third-order valence-electron chi connectivity index (χ3n) is 2.35. The second kappa shape index (κ2) is 6.71. The SMILES string of the molecule is Cn1nc(C(F)(F)F)c(CSc2ncc(Br)s2)c1OC(F)F. The van der Waals surface area contributed by atoms with Crippen LogP contribution in [0.1, 0.15) is 11.3 Å². The highest BCUT2D eigenvalue weighted by Gasteiger charge is 2.39. The lowest BCUT2D eigenvalue weighted by molar-refractivity contribution is -0.142. The maximum Gasteiger partial charge on any atom is 0.435 e. The normalized spacial score (nSPS) is 12.2. The number of halogens is 6. The van der Waals surface area contributed by atoms with E-state index < -0.39 is 29.9 Å². The molecule has 0 atom stereocenters. The molecule has 0 aliphatic rings. The molecule has 0 saturated heterocycles. The van der Waals surface area contributed by atoms with Gasteiger partial charge in [0.25, 0.3) is 0 Å². The van der Waals surface area contributed by atoms with Crippen LogP contribution in [-0.2, 0) is 19.0 Å². The number of nitrogens with zero attached hydrogens (tertiary/aromatic N) is 3. The number of hydrogen-bond acceptors (Lipinski definition) is 5. The molecule has 0 amide bonds. The van der Waals surface area contributed by atoms with E-state index in [1.165, 1.54) is 17.5 Å². The van der Waals surface area contributed by atoms with Crippen molar-refractivity contribution in [3.63, 3.8) is 0 Å². The van der Waals surface area contributed by atoms with Crippen molar-refractivity contribution in [1.82, 2.24) is 14.8 Å². The van der Waals surface area contributed by atoms with Crippen LogP contribution < -0.4 is 4.74 Å². The fourth-order valence-corrected chi connectivity index (χ4v) is 4.18. The first-order valence-corrected chi connectivity index (χ1v) is 8.10. The molecule has 0 radical (unpaired) electrons. The smallest absolute Gasteiger partial charge is 0.417 e. The molecule has 12 heteroatoms. The predicted octanol–water partition coefficient (Wildman–Crippen LogP) is 4.55. The van der Waals surface area contributed by atoms with Crippen LogP contribution in [0.25, 0.3) is 0 Å². The second-order valence-electron chi connectivity index (χ2n) is 3.85. The van der Waals surface area contributed by atoms with Crippen LogP contribution in [0.3, 0.4) is 0 Å². The highest BCUT2D eigenvalue weighted by atomic mass is 79.9. The summed E-state index contributed by atoms with van der Waals surface area (Å²) in [4.78, 5) is 3.96. The lowest BCUT2D eigenvalue weighted by atomic mass is 10.2. The highest BCUT2D eigenvalue weighted by Crippen LogP contribution is 2.40. The van der Waals surface area contributed by atoms with Crippen molar-refractivity contribution < 1.29 is 26.7 Å². The quantitative estimate of drug-likeness (QED) is 0.522. The molecule has 0 spiro atoms. The Labute approximate surface area is 137 Å². The molecule has 4 nitrogen and oxygen atoms in total. The molecule has 2 aromatic heterocycles. The maximum absolute atomic E-state index is 13.0. The number of aryl methyl sites for hydroxylation is 1. The van der Waals surface area contributed by atoms with Crippen molar-refractivity contribution >= 4 is 39.0 Å². The molecule has 122 valence electrons. The van der Waals surface area contributed by atoms with Gasteiger partial charge in [-0.1, -0.05) is 11.8 Å². The van der Waals surface area contributed by atoms with E-state index in [1.54, 1.807) is 0 Å². The van der Waals surface area contributed by atoms with Crippen LogP contribution in [0.15, 0.2) is 14.3 Å². The number of aromatic nitrogens is 3. The van der Waals surface area contributed by atoms with Gasteiger partial charge in [0.15, 0.2) is 10.0 Å². The van der Waals surface area contributed by atoms with Crippen LogP contribution in [0.4, 0.5) is 22.0 Å². The van der Waals surface area contributed by atoms with Gasteiger partial charge in [-0.05, 0) is 15.9 Å². The Hall–Kier alpha value is -0.880. The molecule has 2 aromatic rings. The predicted molar refractivity (Wildman–Crippen MR) is 74.2 cm³/mol. The molecule has 0 aromatic carbocycles. The molecule has 0 fully saturated rings. The molecule has 22 heavy (non-hydrogen) atoms. The third-order valence-corrected chi connectivity index (χ3v) is 5.01. The Morgan fingerprint density at radius 3 is 2.64 bits per heavy atom. The minimum atomic E-state index is -4.76. The first-order valence-electron chi connectivity index (χ1n) is 5.50. The van der Waals surface area contributed by atoms with E-state index in [4.69, 9.17) is 0 Å². The fraction of sp³-hybridized carbons (Fsp3) is 0.400. The number of alkyl halides is 5. The van der Waals surface area contributed by atoms with Crippen molar-refractivity contribution in [3.05, 3.63) is 21.2 Å². The lowest BCUT2D eigenvalue weighted by Gasteiger charge is -2.08. The van der Waals surface area contributed by atoms with Crippen LogP contribution in [-0.4, -0.2) is 21.4 Å². The summed E-state index contributed by atoms with van der Waals surface area (Å²) in [6, 6.07) is 0. The summed E-state index contributed by atoms with van der Waals surface area (Å²) >= 11 is 5.37. The Morgan fingerprint density at radius 1 is 1.45 bits per heavy atom. The Morgan fingerprint density at radius 2 is 2.14 bits per heavy atom. The van der Waals surface area contributed by atoms with Crippen molar-refractivity contribution in [2.45, 2.75) is 22.9 Å². The number of rotatable bonds is 5. The first-order chi connectivity index (χ1) is 10.2. The van der Waals surface area contributed by atoms with Gasteiger partial charge >= 0.3 is 12.8 Å². The van der Waals surface area contributed by atoms with Crippen molar-refractivity contribution in [2.24, 2.45) is 7.05 Å². The average Bonchev–Trinajstić information content (AvgIpc) is 2.92. The molecule has 0 aliphatic carbocycles. The summed E-state index contributed by atoms with van der Waals surface area (Å²) in [5.41, 5.74) is -1.68. The van der Waals surface area contributed by atoms with Gasteiger partial charge in [-0.3, -0.25) is 0 Å². The fourth-order valence-electron chi connectivity index (χ4n) is 1.58. The highest BCUT2D eigenvalue weighted by molar-refractivity contribution is 9.11. The van der Waals surface area contributed by atoms with Gasteiger partial charge in [0.2, 0.25) is 5.88 Å². The summed E-state index contributed by atoms with van der Waals surface area (Å²) in [7, 11) is 1.11. The van der Waals surface area contributed by atoms with Gasteiger partial charge in [0.1, 0.15) is 0 Å². The van der Waals surface area contributed by atoms with Crippen LogP contribution >= 0.6 is 39.0 Å². The molecule has 0 bridgehead atoms. The van der Waals surface area contributed by atoms with Crippen LogP contribution in [0, 0.1) is 0 Å². The van der Waals surface area contributed by atoms with Gasteiger partial charge in [0, 0.05) is 12.8 Å². The van der Waals surface area contributed by atoms with Gasteiger partial charge < -0.3 is 4.74 Å². The number of ether oxygens (including phenoxy) is 1. The van der Waals surface area contributed by atoms with E-state index in [1.807, 2.05) is 0 Å². The van der Waals surface area contributed by atoms with Crippen LogP contribution in [0.2, 0.25) is 0 Å². The standard InChI is InChI=1S/C10H7BrF5N3OS2/c1-19-7(20-8(12)13)4(6(18-19)10(14,15)16)3-21-9-17-2-5(11)22-9/h2,8H,3H2,1H3. The van der Waals surface area contributed by atoms with Crippen LogP contribution in [0.5, 0.6) is 5.88 Å². The van der Waals surface area contributed by atoms with E-state index in [0.717, 1.165) is 18.8 Å². The second-order valence-corrected chi connectivity index (χ2v) is 7.48. The number of hydrogen-bond donors (Lipinski definition) is 0. The Bertz CT molecular complexity index is 658. The van der Waals surface area contributed by atoms with E-state index in [2.05, 4.69) is 30.7 Å². The minimum Gasteiger partial charge on any atom is -0.417 e. The summed E-state index contributed by atoms with van der Waals surface area (Å²) < 4.78 is 69.7. The molecule has 0 unspecified atom stereocenters. The van der Waals surface area contributed by atoms with Crippen molar-refractivity contribution in [1.29, 1.82) is 0 Å². The molecule has 0 saturated carbocycles. The molecule has 2 heterocycles. The molecule has 0 N–H and O–H groups in total. The summed E-state index contributed by atoms with van der Waals surface area (Å²) in [6.45, 7) is -3.24. The van der Waals surface area contributed by atoms with E-state index in [0.29, 0.717) is 12.8 Å². The Balaban J connectivity index is 2.32. The number of thiazole rings is 1. The summed E-state index contributed by atoms with van der Waals surface area (Å²) in [5.74, 6) is -0.851. The lowest BCUT2D eigenvalue weighted by Crippen LogP contribution is -2.09. The summed E-state index contributed by atoms with van der Waals surface area (Å²) in [5, 5.41) is 3.25. The van der Waals surface area contributed by atoms with Crippen molar-refractivity contribution in [2.75, 3.05) is 0 Å². The zero-order valence-electron chi connectivity index (χ0n) is 10.7. The zero-order valence-corrected chi connectivity index (χ0v) is 13.9. The third kappa shape index (κ3) is 4.10. The minimum absolute atomic E-state index is 0.245. The molecular formula is C10H7BrF5N3OS2. The van der Waals surface area contributed by atoms with Crippen molar-refractivity contribution in [3.8, 4) is 5.88 Å². The average molecular weight is 424 g/mol. The van der Waals surface area contributed by atoms with Gasteiger partial charge in [0.05, 0.1) is 15.5 Å². The van der Waals surface area contributed by atoms with Gasteiger partial charge in [-0.2, -0.15) is 27.1 Å². The van der Waals surface area contributed by atoms with E-state index >= 15 is 0 Å². The van der Waals surface area contributed by atoms with Gasteiger partial charge in [-0.25, -0.2) is 9.67 Å². The number of thioether (sulfide) groups is 1.